The monoisotopic (exact) mass is 287 g/mol. The number of rotatable bonds is 2. The number of benzene rings is 1. The molecule has 0 radical (unpaired) electrons. The highest BCUT2D eigenvalue weighted by Crippen LogP contribution is 2.35. The maximum atomic E-state index is 4.85. The van der Waals surface area contributed by atoms with E-state index in [9.17, 15) is 0 Å². The van der Waals surface area contributed by atoms with Gasteiger partial charge in [-0.2, -0.15) is 0 Å². The summed E-state index contributed by atoms with van der Waals surface area (Å²) in [5.41, 5.74) is 5.70. The fourth-order valence-corrected chi connectivity index (χ4v) is 3.09. The average Bonchev–Trinajstić information content (AvgIpc) is 2.59. The van der Waals surface area contributed by atoms with Crippen molar-refractivity contribution in [3.8, 4) is 0 Å². The first kappa shape index (κ1) is 13.1. The smallest absolute Gasteiger partial charge is 0.0774 e. The van der Waals surface area contributed by atoms with Gasteiger partial charge in [0.1, 0.15) is 0 Å². The summed E-state index contributed by atoms with van der Waals surface area (Å²) in [5, 5.41) is 1.14. The first-order valence-corrected chi connectivity index (χ1v) is 7.76. The highest BCUT2D eigenvalue weighted by molar-refractivity contribution is 5.95. The Morgan fingerprint density at radius 2 is 1.91 bits per heavy atom. The number of para-hydroxylation sites is 1. The van der Waals surface area contributed by atoms with E-state index in [0.29, 0.717) is 0 Å². The number of pyridine rings is 2. The topological polar surface area (TPSA) is 38.1 Å². The lowest BCUT2D eigenvalue weighted by atomic mass is 9.93. The maximum absolute atomic E-state index is 4.85. The molecule has 0 unspecified atom stereocenters. The predicted molar refractivity (Wildman–Crippen MR) is 89.9 cm³/mol. The molecule has 0 aliphatic heterocycles. The molecule has 3 aromatic rings. The van der Waals surface area contributed by atoms with Gasteiger partial charge in [-0.25, -0.2) is 0 Å². The van der Waals surface area contributed by atoms with Crippen LogP contribution in [-0.2, 0) is 12.8 Å². The summed E-state index contributed by atoms with van der Waals surface area (Å²) in [6, 6.07) is 12.2. The van der Waals surface area contributed by atoms with E-state index in [4.69, 9.17) is 9.98 Å². The van der Waals surface area contributed by atoms with Crippen LogP contribution in [0.15, 0.2) is 53.8 Å². The van der Waals surface area contributed by atoms with Crippen LogP contribution in [0.1, 0.15) is 29.7 Å². The maximum Gasteiger partial charge on any atom is 0.0774 e. The molecule has 3 heteroatoms. The number of hydrogen-bond acceptors (Lipinski definition) is 3. The van der Waals surface area contributed by atoms with E-state index in [1.54, 1.807) is 6.20 Å². The van der Waals surface area contributed by atoms with Crippen molar-refractivity contribution in [2.24, 2.45) is 4.99 Å². The molecule has 0 N–H and O–H groups in total. The van der Waals surface area contributed by atoms with Crippen LogP contribution in [0.3, 0.4) is 0 Å². The normalized spacial score (nSPS) is 14.4. The van der Waals surface area contributed by atoms with Crippen molar-refractivity contribution < 1.29 is 0 Å². The summed E-state index contributed by atoms with van der Waals surface area (Å²) in [6.07, 6.45) is 10.1. The molecule has 2 heterocycles. The van der Waals surface area contributed by atoms with E-state index in [1.807, 2.05) is 30.6 Å². The van der Waals surface area contributed by atoms with Gasteiger partial charge >= 0.3 is 0 Å². The zero-order valence-corrected chi connectivity index (χ0v) is 12.4. The largest absolute Gasteiger partial charge is 0.264 e. The van der Waals surface area contributed by atoms with Gasteiger partial charge in [0.2, 0.25) is 0 Å². The van der Waals surface area contributed by atoms with E-state index >= 15 is 0 Å². The van der Waals surface area contributed by atoms with Crippen LogP contribution in [0.2, 0.25) is 0 Å². The van der Waals surface area contributed by atoms with E-state index in [0.717, 1.165) is 35.0 Å². The Hall–Kier alpha value is -2.55. The molecule has 22 heavy (non-hydrogen) atoms. The van der Waals surface area contributed by atoms with Gasteiger partial charge in [-0.1, -0.05) is 24.3 Å². The summed E-state index contributed by atoms with van der Waals surface area (Å²) in [6.45, 7) is 0. The van der Waals surface area contributed by atoms with Crippen molar-refractivity contribution in [1.29, 1.82) is 0 Å². The molecule has 0 amide bonds. The van der Waals surface area contributed by atoms with E-state index in [2.05, 4.69) is 23.2 Å². The van der Waals surface area contributed by atoms with Crippen molar-refractivity contribution in [3.05, 3.63) is 65.6 Å². The van der Waals surface area contributed by atoms with Gasteiger partial charge in [0.05, 0.1) is 11.2 Å². The van der Waals surface area contributed by atoms with E-state index in [1.165, 1.54) is 24.1 Å². The zero-order chi connectivity index (χ0) is 14.8. The van der Waals surface area contributed by atoms with Crippen LogP contribution in [0, 0.1) is 0 Å². The van der Waals surface area contributed by atoms with Crippen molar-refractivity contribution in [3.63, 3.8) is 0 Å². The highest BCUT2D eigenvalue weighted by Gasteiger charge is 2.17. The van der Waals surface area contributed by atoms with E-state index in [-0.39, 0.29) is 0 Å². The molecule has 108 valence electrons. The first-order valence-electron chi connectivity index (χ1n) is 7.76. The minimum Gasteiger partial charge on any atom is -0.264 e. The van der Waals surface area contributed by atoms with Gasteiger partial charge in [0, 0.05) is 35.3 Å². The summed E-state index contributed by atoms with van der Waals surface area (Å²) in [7, 11) is 0. The van der Waals surface area contributed by atoms with Crippen molar-refractivity contribution in [2.75, 3.05) is 0 Å². The molecule has 0 saturated heterocycles. The zero-order valence-electron chi connectivity index (χ0n) is 12.4. The van der Waals surface area contributed by atoms with Crippen molar-refractivity contribution in [1.82, 2.24) is 9.97 Å². The Bertz CT molecular complexity index is 838. The summed E-state index contributed by atoms with van der Waals surface area (Å²) < 4.78 is 0. The number of fused-ring (bicyclic) bond motifs is 2. The van der Waals surface area contributed by atoms with Crippen LogP contribution in [0.25, 0.3) is 10.9 Å². The first-order chi connectivity index (χ1) is 10.9. The number of aryl methyl sites for hydroxylation is 1. The Morgan fingerprint density at radius 3 is 2.82 bits per heavy atom. The standard InChI is InChI=1S/C19H17N3/c1-3-9-17-15(7-1)19(16-8-2-4-10-18(16)22-17)21-13-14-6-5-11-20-12-14/h1,3,5-7,9,11-13H,2,4,8,10H2. The second-order valence-electron chi connectivity index (χ2n) is 5.65. The third-order valence-corrected chi connectivity index (χ3v) is 4.17. The molecular formula is C19H17N3. The fraction of sp³-hybridized carbons (Fsp3) is 0.211. The lowest BCUT2D eigenvalue weighted by molar-refractivity contribution is 0.672. The van der Waals surface area contributed by atoms with Gasteiger partial charge in [-0.15, -0.1) is 0 Å². The average molecular weight is 287 g/mol. The fourth-order valence-electron chi connectivity index (χ4n) is 3.09. The molecule has 1 aliphatic carbocycles. The van der Waals surface area contributed by atoms with Crippen LogP contribution in [0.5, 0.6) is 0 Å². The van der Waals surface area contributed by atoms with Gasteiger partial charge in [0.15, 0.2) is 0 Å². The third kappa shape index (κ3) is 2.39. The Balaban J connectivity index is 1.89. The highest BCUT2D eigenvalue weighted by atomic mass is 14.8. The molecule has 1 aromatic carbocycles. The molecule has 0 fully saturated rings. The van der Waals surface area contributed by atoms with Crippen LogP contribution < -0.4 is 0 Å². The van der Waals surface area contributed by atoms with Gasteiger partial charge < -0.3 is 0 Å². The number of aliphatic imine (C=N–C) groups is 1. The number of aromatic nitrogens is 2. The molecule has 3 nitrogen and oxygen atoms in total. The molecule has 0 saturated carbocycles. The van der Waals surface area contributed by atoms with Crippen LogP contribution in [0.4, 0.5) is 5.69 Å². The minimum absolute atomic E-state index is 1.02. The molecule has 0 atom stereocenters. The van der Waals surface area contributed by atoms with Gasteiger partial charge in [-0.05, 0) is 43.4 Å². The summed E-state index contributed by atoms with van der Waals surface area (Å²) in [5.74, 6) is 0. The minimum atomic E-state index is 1.02. The molecule has 1 aliphatic rings. The molecule has 0 spiro atoms. The summed E-state index contributed by atoms with van der Waals surface area (Å²) >= 11 is 0. The molecule has 0 bridgehead atoms. The van der Waals surface area contributed by atoms with Crippen molar-refractivity contribution >= 4 is 22.8 Å². The van der Waals surface area contributed by atoms with Gasteiger partial charge in [0.25, 0.3) is 0 Å². The molecule has 4 rings (SSSR count). The molecular weight excluding hydrogens is 270 g/mol. The van der Waals surface area contributed by atoms with Crippen molar-refractivity contribution in [2.45, 2.75) is 25.7 Å². The van der Waals surface area contributed by atoms with Crippen LogP contribution >= 0.6 is 0 Å². The predicted octanol–water partition coefficient (Wildman–Crippen LogP) is 4.26. The third-order valence-electron chi connectivity index (χ3n) is 4.17. The number of hydrogen-bond donors (Lipinski definition) is 0. The Kier molecular flexibility index (Phi) is 3.39. The summed E-state index contributed by atoms with van der Waals surface area (Å²) in [4.78, 5) is 13.8. The van der Waals surface area contributed by atoms with E-state index < -0.39 is 0 Å². The lowest BCUT2D eigenvalue weighted by Crippen LogP contribution is -2.06. The quantitative estimate of drug-likeness (QED) is 0.660. The lowest BCUT2D eigenvalue weighted by Gasteiger charge is -2.18. The van der Waals surface area contributed by atoms with Crippen LogP contribution in [-0.4, -0.2) is 16.2 Å². The SMILES string of the molecule is C(=Nc1c2c(nc3ccccc13)CCCC2)c1cccnc1. The Morgan fingerprint density at radius 1 is 1.00 bits per heavy atom. The second-order valence-corrected chi connectivity index (χ2v) is 5.65. The number of nitrogens with zero attached hydrogens (tertiary/aromatic N) is 3. The second kappa shape index (κ2) is 5.68. The van der Waals surface area contributed by atoms with Gasteiger partial charge in [-0.3, -0.25) is 15.0 Å². The molecule has 2 aromatic heterocycles. The Labute approximate surface area is 129 Å².